The van der Waals surface area contributed by atoms with E-state index in [1.54, 1.807) is 19.4 Å². The maximum Gasteiger partial charge on any atom is 0.248 e. The molecule has 4 heteroatoms. The summed E-state index contributed by atoms with van der Waals surface area (Å²) in [7, 11) is 1.63. The van der Waals surface area contributed by atoms with Crippen LogP contribution in [-0.2, 0) is 11.3 Å². The zero-order chi connectivity index (χ0) is 8.27. The van der Waals surface area contributed by atoms with Gasteiger partial charge < -0.3 is 9.72 Å². The Bertz CT molecular complexity index is 295. The minimum absolute atomic E-state index is 0.0748. The van der Waals surface area contributed by atoms with Crippen LogP contribution in [0, 0.1) is 3.57 Å². The third-order valence-corrected chi connectivity index (χ3v) is 2.26. The number of H-pyrrole nitrogens is 1. The van der Waals surface area contributed by atoms with Gasteiger partial charge >= 0.3 is 0 Å². The summed E-state index contributed by atoms with van der Waals surface area (Å²) in [6.45, 7) is 0.537. The van der Waals surface area contributed by atoms with Crippen molar-refractivity contribution in [2.24, 2.45) is 0 Å². The van der Waals surface area contributed by atoms with Crippen LogP contribution < -0.4 is 5.56 Å². The summed E-state index contributed by atoms with van der Waals surface area (Å²) >= 11 is 2.11. The molecule has 0 radical (unpaired) electrons. The molecule has 0 amide bonds. The molecule has 0 aliphatic heterocycles. The Kier molecular flexibility index (Phi) is 3.07. The van der Waals surface area contributed by atoms with E-state index in [9.17, 15) is 4.79 Å². The van der Waals surface area contributed by atoms with E-state index in [1.165, 1.54) is 0 Å². The SMILES string of the molecule is COCc1c[nH]c(=O)cc1I. The fraction of sp³-hybridized carbons (Fsp3) is 0.286. The van der Waals surface area contributed by atoms with Gasteiger partial charge in [-0.1, -0.05) is 0 Å². The van der Waals surface area contributed by atoms with Crippen molar-refractivity contribution >= 4 is 22.6 Å². The number of ether oxygens (including phenoxy) is 1. The number of rotatable bonds is 2. The Hall–Kier alpha value is -0.360. The Balaban J connectivity index is 2.99. The lowest BCUT2D eigenvalue weighted by molar-refractivity contribution is 0.184. The fourth-order valence-corrected chi connectivity index (χ4v) is 1.34. The van der Waals surface area contributed by atoms with Crippen molar-refractivity contribution in [3.8, 4) is 0 Å². The molecule has 0 aliphatic rings. The summed E-state index contributed by atoms with van der Waals surface area (Å²) in [5.74, 6) is 0. The van der Waals surface area contributed by atoms with Crippen molar-refractivity contribution in [2.75, 3.05) is 7.11 Å². The third-order valence-electron chi connectivity index (χ3n) is 1.25. The molecule has 0 fully saturated rings. The van der Waals surface area contributed by atoms with E-state index in [0.29, 0.717) is 6.61 Å². The highest BCUT2D eigenvalue weighted by molar-refractivity contribution is 14.1. The van der Waals surface area contributed by atoms with Crippen molar-refractivity contribution in [1.82, 2.24) is 4.98 Å². The van der Waals surface area contributed by atoms with Gasteiger partial charge in [0.2, 0.25) is 5.56 Å². The molecular weight excluding hydrogens is 257 g/mol. The van der Waals surface area contributed by atoms with Gasteiger partial charge in [0.15, 0.2) is 0 Å². The summed E-state index contributed by atoms with van der Waals surface area (Å²) in [5.41, 5.74) is 0.932. The van der Waals surface area contributed by atoms with Crippen molar-refractivity contribution in [2.45, 2.75) is 6.61 Å². The van der Waals surface area contributed by atoms with Crippen LogP contribution in [0.3, 0.4) is 0 Å². The first-order valence-electron chi connectivity index (χ1n) is 3.10. The van der Waals surface area contributed by atoms with Crippen LogP contribution in [0.5, 0.6) is 0 Å². The molecule has 0 aromatic carbocycles. The molecule has 3 nitrogen and oxygen atoms in total. The van der Waals surface area contributed by atoms with Crippen LogP contribution in [0.25, 0.3) is 0 Å². The molecule has 0 atom stereocenters. The molecule has 1 heterocycles. The van der Waals surface area contributed by atoms with Crippen LogP contribution in [0.1, 0.15) is 5.56 Å². The van der Waals surface area contributed by atoms with Gasteiger partial charge in [0, 0.05) is 28.5 Å². The summed E-state index contributed by atoms with van der Waals surface area (Å²) in [6, 6.07) is 1.55. The van der Waals surface area contributed by atoms with Crippen LogP contribution in [0.15, 0.2) is 17.1 Å². The van der Waals surface area contributed by atoms with E-state index in [2.05, 4.69) is 27.6 Å². The minimum atomic E-state index is -0.0748. The summed E-state index contributed by atoms with van der Waals surface area (Å²) in [4.78, 5) is 13.3. The number of aromatic nitrogens is 1. The van der Waals surface area contributed by atoms with E-state index < -0.39 is 0 Å². The molecule has 1 aromatic heterocycles. The molecule has 60 valence electrons. The van der Waals surface area contributed by atoms with Crippen LogP contribution >= 0.6 is 22.6 Å². The van der Waals surface area contributed by atoms with Gasteiger partial charge in [-0.15, -0.1) is 0 Å². The summed E-state index contributed by atoms with van der Waals surface area (Å²) in [6.07, 6.45) is 1.67. The van der Waals surface area contributed by atoms with Crippen molar-refractivity contribution in [1.29, 1.82) is 0 Å². The Morgan fingerprint density at radius 1 is 1.73 bits per heavy atom. The number of halogens is 1. The largest absolute Gasteiger partial charge is 0.380 e. The molecule has 0 bridgehead atoms. The van der Waals surface area contributed by atoms with Gasteiger partial charge in [0.25, 0.3) is 0 Å². The molecule has 0 saturated heterocycles. The van der Waals surface area contributed by atoms with Gasteiger partial charge in [0.05, 0.1) is 6.61 Å². The predicted octanol–water partition coefficient (Wildman–Crippen LogP) is 1.13. The standard InChI is InChI=1S/C7H8INO2/c1-11-4-5-3-9-7(10)2-6(5)8/h2-3H,4H2,1H3,(H,9,10). The van der Waals surface area contributed by atoms with Crippen LogP contribution in [0.4, 0.5) is 0 Å². The molecule has 0 saturated carbocycles. The Morgan fingerprint density at radius 3 is 3.00 bits per heavy atom. The summed E-state index contributed by atoms with van der Waals surface area (Å²) < 4.78 is 5.86. The number of pyridine rings is 1. The van der Waals surface area contributed by atoms with Crippen molar-refractivity contribution in [3.63, 3.8) is 0 Å². The lowest BCUT2D eigenvalue weighted by Crippen LogP contribution is -2.06. The molecule has 0 aliphatic carbocycles. The van der Waals surface area contributed by atoms with E-state index >= 15 is 0 Å². The lowest BCUT2D eigenvalue weighted by atomic mass is 10.3. The van der Waals surface area contributed by atoms with Crippen LogP contribution in [-0.4, -0.2) is 12.1 Å². The molecule has 0 spiro atoms. The predicted molar refractivity (Wildman–Crippen MR) is 50.5 cm³/mol. The molecule has 1 N–H and O–H groups in total. The average molecular weight is 265 g/mol. The van der Waals surface area contributed by atoms with Gasteiger partial charge in [-0.3, -0.25) is 4.79 Å². The van der Waals surface area contributed by atoms with Crippen molar-refractivity contribution < 1.29 is 4.74 Å². The highest BCUT2D eigenvalue weighted by atomic mass is 127. The van der Waals surface area contributed by atoms with E-state index in [-0.39, 0.29) is 5.56 Å². The Morgan fingerprint density at radius 2 is 2.45 bits per heavy atom. The maximum absolute atomic E-state index is 10.7. The van der Waals surface area contributed by atoms with E-state index in [4.69, 9.17) is 4.74 Å². The second-order valence-corrected chi connectivity index (χ2v) is 3.27. The van der Waals surface area contributed by atoms with Gasteiger partial charge in [-0.2, -0.15) is 0 Å². The molecular formula is C7H8INO2. The Labute approximate surface area is 77.9 Å². The topological polar surface area (TPSA) is 42.1 Å². The number of methoxy groups -OCH3 is 1. The zero-order valence-electron chi connectivity index (χ0n) is 6.06. The quantitative estimate of drug-likeness (QED) is 0.814. The second-order valence-electron chi connectivity index (χ2n) is 2.10. The monoisotopic (exact) mass is 265 g/mol. The van der Waals surface area contributed by atoms with Gasteiger partial charge in [-0.25, -0.2) is 0 Å². The first kappa shape index (κ1) is 8.73. The first-order chi connectivity index (χ1) is 5.24. The first-order valence-corrected chi connectivity index (χ1v) is 4.18. The number of hydrogen-bond donors (Lipinski definition) is 1. The molecule has 1 rings (SSSR count). The van der Waals surface area contributed by atoms with Crippen molar-refractivity contribution in [3.05, 3.63) is 31.8 Å². The molecule has 0 unspecified atom stereocenters. The minimum Gasteiger partial charge on any atom is -0.380 e. The molecule has 1 aromatic rings. The van der Waals surface area contributed by atoms with Gasteiger partial charge in [-0.05, 0) is 22.6 Å². The number of hydrogen-bond acceptors (Lipinski definition) is 2. The fourth-order valence-electron chi connectivity index (χ4n) is 0.743. The number of aromatic amines is 1. The third kappa shape index (κ3) is 2.30. The van der Waals surface area contributed by atoms with Gasteiger partial charge in [0.1, 0.15) is 0 Å². The normalized spacial score (nSPS) is 10.0. The van der Waals surface area contributed by atoms with E-state index in [0.717, 1.165) is 9.13 Å². The maximum atomic E-state index is 10.7. The van der Waals surface area contributed by atoms with E-state index in [1.807, 2.05) is 0 Å². The smallest absolute Gasteiger partial charge is 0.248 e. The average Bonchev–Trinajstić information content (AvgIpc) is 1.95. The molecule has 11 heavy (non-hydrogen) atoms. The second kappa shape index (κ2) is 3.87. The van der Waals surface area contributed by atoms with Crippen LogP contribution in [0.2, 0.25) is 0 Å². The highest BCUT2D eigenvalue weighted by Gasteiger charge is 1.98. The summed E-state index contributed by atoms with van der Waals surface area (Å²) in [5, 5.41) is 0. The zero-order valence-corrected chi connectivity index (χ0v) is 8.21. The number of nitrogens with one attached hydrogen (secondary N) is 1. The lowest BCUT2D eigenvalue weighted by Gasteiger charge is -2.00. The highest BCUT2D eigenvalue weighted by Crippen LogP contribution is 2.08.